The third-order valence-electron chi connectivity index (χ3n) is 3.18. The molecule has 0 aliphatic heterocycles. The summed E-state index contributed by atoms with van der Waals surface area (Å²) in [5, 5.41) is 10.6. The Hall–Kier alpha value is -2.21. The second-order valence-electron chi connectivity index (χ2n) is 4.75. The van der Waals surface area contributed by atoms with Crippen LogP contribution in [-0.4, -0.2) is 14.9 Å². The molecule has 110 valence electrons. The number of non-ortho nitro benzene ring substituents is 1. The van der Waals surface area contributed by atoms with Gasteiger partial charge in [-0.2, -0.15) is 0 Å². The second-order valence-corrected chi connectivity index (χ2v) is 6.29. The van der Waals surface area contributed by atoms with Gasteiger partial charge in [0.1, 0.15) is 0 Å². The van der Waals surface area contributed by atoms with E-state index in [-0.39, 0.29) is 5.69 Å². The van der Waals surface area contributed by atoms with E-state index in [0.29, 0.717) is 17.9 Å². The smallest absolute Gasteiger partial charge is 0.269 e. The average molecular weight is 304 g/mol. The maximum atomic E-state index is 12.3. The van der Waals surface area contributed by atoms with Gasteiger partial charge in [0.15, 0.2) is 0 Å². The first-order valence-corrected chi connectivity index (χ1v) is 7.77. The van der Waals surface area contributed by atoms with Crippen molar-refractivity contribution in [3.05, 3.63) is 63.7 Å². The molecule has 0 spiro atoms. The summed E-state index contributed by atoms with van der Waals surface area (Å²) in [6.07, 6.45) is 0.596. The molecule has 0 saturated heterocycles. The summed E-state index contributed by atoms with van der Waals surface area (Å²) in [6, 6.07) is 11.7. The minimum atomic E-state index is -1.13. The Balaban J connectivity index is 2.04. The first-order valence-electron chi connectivity index (χ1n) is 6.45. The number of nitrogens with zero attached hydrogens (tertiary/aromatic N) is 1. The summed E-state index contributed by atoms with van der Waals surface area (Å²) < 4.78 is 12.3. The fraction of sp³-hybridized carbons (Fsp3) is 0.200. The molecule has 0 saturated carbocycles. The van der Waals surface area contributed by atoms with Gasteiger partial charge in [-0.15, -0.1) is 0 Å². The highest BCUT2D eigenvalue weighted by Crippen LogP contribution is 2.18. The fourth-order valence-corrected chi connectivity index (χ4v) is 3.30. The van der Waals surface area contributed by atoms with Gasteiger partial charge in [-0.05, 0) is 36.6 Å². The number of anilines is 1. The van der Waals surface area contributed by atoms with E-state index in [1.54, 1.807) is 24.3 Å². The van der Waals surface area contributed by atoms with Gasteiger partial charge in [-0.1, -0.05) is 18.2 Å². The Morgan fingerprint density at radius 2 is 1.86 bits per heavy atom. The van der Waals surface area contributed by atoms with E-state index in [4.69, 9.17) is 5.73 Å². The van der Waals surface area contributed by atoms with Gasteiger partial charge >= 0.3 is 0 Å². The summed E-state index contributed by atoms with van der Waals surface area (Å²) >= 11 is 0. The van der Waals surface area contributed by atoms with E-state index in [0.717, 1.165) is 16.0 Å². The van der Waals surface area contributed by atoms with Crippen molar-refractivity contribution in [1.29, 1.82) is 0 Å². The lowest BCUT2D eigenvalue weighted by molar-refractivity contribution is -0.384. The van der Waals surface area contributed by atoms with Gasteiger partial charge in [0.2, 0.25) is 0 Å². The number of benzene rings is 2. The standard InChI is InChI=1S/C15H16N2O3S/c1-11-2-5-13(16)10-15(11)21(20)9-8-12-3-6-14(7-4-12)17(18)19/h2-7,10H,8-9,16H2,1H3. The number of hydrogen-bond donors (Lipinski definition) is 1. The highest BCUT2D eigenvalue weighted by Gasteiger charge is 2.09. The molecule has 0 bridgehead atoms. The van der Waals surface area contributed by atoms with Crippen molar-refractivity contribution in [2.75, 3.05) is 11.5 Å². The Kier molecular flexibility index (Phi) is 4.70. The van der Waals surface area contributed by atoms with E-state index in [9.17, 15) is 14.3 Å². The minimum Gasteiger partial charge on any atom is -0.399 e. The highest BCUT2D eigenvalue weighted by molar-refractivity contribution is 7.85. The van der Waals surface area contributed by atoms with Crippen LogP contribution >= 0.6 is 0 Å². The van der Waals surface area contributed by atoms with E-state index in [1.807, 2.05) is 13.0 Å². The third-order valence-corrected chi connectivity index (χ3v) is 4.69. The summed E-state index contributed by atoms with van der Waals surface area (Å²) in [6.45, 7) is 1.90. The number of rotatable bonds is 5. The van der Waals surface area contributed by atoms with Crippen LogP contribution < -0.4 is 5.73 Å². The normalized spacial score (nSPS) is 12.0. The molecular weight excluding hydrogens is 288 g/mol. The van der Waals surface area contributed by atoms with E-state index < -0.39 is 15.7 Å². The molecule has 2 aromatic rings. The first-order chi connectivity index (χ1) is 9.97. The molecule has 0 aliphatic rings. The average Bonchev–Trinajstić information content (AvgIpc) is 2.47. The lowest BCUT2D eigenvalue weighted by Crippen LogP contribution is -2.04. The third kappa shape index (κ3) is 3.88. The van der Waals surface area contributed by atoms with Gasteiger partial charge < -0.3 is 5.73 Å². The molecule has 5 nitrogen and oxygen atoms in total. The molecule has 0 radical (unpaired) electrons. The zero-order valence-corrected chi connectivity index (χ0v) is 12.4. The molecule has 2 N–H and O–H groups in total. The van der Waals surface area contributed by atoms with Crippen LogP contribution in [0.1, 0.15) is 11.1 Å². The first kappa shape index (κ1) is 15.2. The molecule has 2 aromatic carbocycles. The Labute approximate surface area is 125 Å². The molecule has 0 aromatic heterocycles. The van der Waals surface area contributed by atoms with Gasteiger partial charge in [-0.3, -0.25) is 14.3 Å². The van der Waals surface area contributed by atoms with E-state index >= 15 is 0 Å². The predicted octanol–water partition coefficient (Wildman–Crippen LogP) is 2.84. The van der Waals surface area contributed by atoms with Crippen molar-refractivity contribution >= 4 is 22.2 Å². The molecule has 0 heterocycles. The molecule has 1 unspecified atom stereocenters. The van der Waals surface area contributed by atoms with E-state index in [1.165, 1.54) is 12.1 Å². The van der Waals surface area contributed by atoms with Gasteiger partial charge in [0.25, 0.3) is 5.69 Å². The zero-order valence-electron chi connectivity index (χ0n) is 11.6. The molecule has 6 heteroatoms. The molecule has 0 aliphatic carbocycles. The number of nitro groups is 1. The van der Waals surface area contributed by atoms with Crippen molar-refractivity contribution < 1.29 is 9.13 Å². The number of nitrogen functional groups attached to an aromatic ring is 1. The van der Waals surface area contributed by atoms with Gasteiger partial charge in [-0.25, -0.2) is 0 Å². The largest absolute Gasteiger partial charge is 0.399 e. The molecule has 0 amide bonds. The SMILES string of the molecule is Cc1ccc(N)cc1S(=O)CCc1ccc([N+](=O)[O-])cc1. The van der Waals surface area contributed by atoms with Crippen molar-refractivity contribution in [3.8, 4) is 0 Å². The summed E-state index contributed by atoms with van der Waals surface area (Å²) in [5.41, 5.74) is 8.25. The van der Waals surface area contributed by atoms with Crippen LogP contribution in [0, 0.1) is 17.0 Å². The van der Waals surface area contributed by atoms with Crippen LogP contribution in [0.15, 0.2) is 47.4 Å². The van der Waals surface area contributed by atoms with Crippen LogP contribution in [0.4, 0.5) is 11.4 Å². The minimum absolute atomic E-state index is 0.0616. The number of hydrogen-bond acceptors (Lipinski definition) is 4. The topological polar surface area (TPSA) is 86.2 Å². The van der Waals surface area contributed by atoms with Crippen molar-refractivity contribution in [1.82, 2.24) is 0 Å². The highest BCUT2D eigenvalue weighted by atomic mass is 32.2. The summed E-state index contributed by atoms with van der Waals surface area (Å²) in [7, 11) is -1.13. The fourth-order valence-electron chi connectivity index (χ4n) is 1.97. The van der Waals surface area contributed by atoms with Crippen LogP contribution in [0.5, 0.6) is 0 Å². The Morgan fingerprint density at radius 3 is 2.48 bits per heavy atom. The van der Waals surface area contributed by atoms with Crippen molar-refractivity contribution in [2.45, 2.75) is 18.2 Å². The molecule has 1 atom stereocenters. The number of aryl methyl sites for hydroxylation is 2. The zero-order chi connectivity index (χ0) is 15.4. The van der Waals surface area contributed by atoms with Crippen molar-refractivity contribution in [3.63, 3.8) is 0 Å². The maximum absolute atomic E-state index is 12.3. The van der Waals surface area contributed by atoms with Crippen LogP contribution in [-0.2, 0) is 17.2 Å². The lowest BCUT2D eigenvalue weighted by atomic mass is 10.1. The maximum Gasteiger partial charge on any atom is 0.269 e. The Bertz CT molecular complexity index is 684. The molecule has 2 rings (SSSR count). The Morgan fingerprint density at radius 1 is 1.19 bits per heavy atom. The second kappa shape index (κ2) is 6.49. The van der Waals surface area contributed by atoms with Gasteiger partial charge in [0.05, 0.1) is 15.7 Å². The molecule has 21 heavy (non-hydrogen) atoms. The monoisotopic (exact) mass is 304 g/mol. The lowest BCUT2D eigenvalue weighted by Gasteiger charge is -2.07. The van der Waals surface area contributed by atoms with Crippen LogP contribution in [0.2, 0.25) is 0 Å². The summed E-state index contributed by atoms with van der Waals surface area (Å²) in [4.78, 5) is 10.9. The number of nitro benzene ring substituents is 1. The quantitative estimate of drug-likeness (QED) is 0.523. The number of nitrogens with two attached hydrogens (primary N) is 1. The van der Waals surface area contributed by atoms with Crippen LogP contribution in [0.3, 0.4) is 0 Å². The predicted molar refractivity (Wildman–Crippen MR) is 83.7 cm³/mol. The van der Waals surface area contributed by atoms with Gasteiger partial charge in [0, 0.05) is 28.5 Å². The summed E-state index contributed by atoms with van der Waals surface area (Å²) in [5.74, 6) is 0.460. The van der Waals surface area contributed by atoms with Crippen LogP contribution in [0.25, 0.3) is 0 Å². The van der Waals surface area contributed by atoms with E-state index in [2.05, 4.69) is 0 Å². The molecular formula is C15H16N2O3S. The molecule has 0 fully saturated rings. The van der Waals surface area contributed by atoms with Crippen molar-refractivity contribution in [2.24, 2.45) is 0 Å².